The first-order chi connectivity index (χ1) is 8.69. The van der Waals surface area contributed by atoms with Crippen molar-refractivity contribution in [1.29, 1.82) is 0 Å². The van der Waals surface area contributed by atoms with Crippen LogP contribution >= 0.6 is 0 Å². The maximum absolute atomic E-state index is 6.33. The van der Waals surface area contributed by atoms with Gasteiger partial charge in [0.2, 0.25) is 0 Å². The van der Waals surface area contributed by atoms with Gasteiger partial charge in [-0.15, -0.1) is 0 Å². The summed E-state index contributed by atoms with van der Waals surface area (Å²) in [4.78, 5) is 4.14. The smallest absolute Gasteiger partial charge is 0.161 e. The van der Waals surface area contributed by atoms with Gasteiger partial charge in [-0.05, 0) is 31.0 Å². The largest absolute Gasteiger partial charge is 0.493 e. The second-order valence-electron chi connectivity index (χ2n) is 4.12. The van der Waals surface area contributed by atoms with Gasteiger partial charge in [-0.1, -0.05) is 0 Å². The van der Waals surface area contributed by atoms with E-state index in [1.165, 1.54) is 0 Å². The van der Waals surface area contributed by atoms with Crippen LogP contribution in [0.4, 0.5) is 0 Å². The Morgan fingerprint density at radius 2 is 2.22 bits per heavy atom. The summed E-state index contributed by atoms with van der Waals surface area (Å²) in [6.45, 7) is 4.81. The van der Waals surface area contributed by atoms with E-state index in [0.717, 1.165) is 23.4 Å². The summed E-state index contributed by atoms with van der Waals surface area (Å²) in [6.07, 6.45) is 5.26. The third-order valence-electron chi connectivity index (χ3n) is 3.07. The molecule has 2 rings (SSSR count). The lowest BCUT2D eigenvalue weighted by atomic mass is 10.0. The van der Waals surface area contributed by atoms with E-state index in [1.807, 2.05) is 24.6 Å². The van der Waals surface area contributed by atoms with Crippen molar-refractivity contribution in [1.82, 2.24) is 14.8 Å². The molecule has 0 fully saturated rings. The highest BCUT2D eigenvalue weighted by atomic mass is 16.5. The molecule has 18 heavy (non-hydrogen) atoms. The molecular formula is C13H18N4O. The molecule has 0 amide bonds. The maximum atomic E-state index is 6.33. The molecule has 0 saturated heterocycles. The van der Waals surface area contributed by atoms with Gasteiger partial charge in [-0.2, -0.15) is 5.10 Å². The van der Waals surface area contributed by atoms with Gasteiger partial charge in [0.05, 0.1) is 19.3 Å². The van der Waals surface area contributed by atoms with Crippen LogP contribution in [0.3, 0.4) is 0 Å². The molecule has 0 radical (unpaired) electrons. The lowest BCUT2D eigenvalue weighted by Gasteiger charge is -2.16. The number of hydrogen-bond acceptors (Lipinski definition) is 4. The van der Waals surface area contributed by atoms with Gasteiger partial charge < -0.3 is 10.5 Å². The Labute approximate surface area is 107 Å². The number of pyridine rings is 1. The van der Waals surface area contributed by atoms with Crippen molar-refractivity contribution in [3.8, 4) is 5.75 Å². The Kier molecular flexibility index (Phi) is 3.62. The molecule has 2 aromatic rings. The van der Waals surface area contributed by atoms with Gasteiger partial charge in [0.15, 0.2) is 5.75 Å². The number of nitrogens with zero attached hydrogens (tertiary/aromatic N) is 3. The van der Waals surface area contributed by atoms with E-state index >= 15 is 0 Å². The SMILES string of the molecule is CCn1ncc(OC)c1C(N)c1cnccc1C. The van der Waals surface area contributed by atoms with Crippen LogP contribution in [-0.2, 0) is 6.54 Å². The molecule has 0 spiro atoms. The van der Waals surface area contributed by atoms with Crippen molar-refractivity contribution in [2.24, 2.45) is 5.73 Å². The first kappa shape index (κ1) is 12.6. The molecule has 0 aromatic carbocycles. The monoisotopic (exact) mass is 246 g/mol. The van der Waals surface area contributed by atoms with Crippen LogP contribution in [0.2, 0.25) is 0 Å². The van der Waals surface area contributed by atoms with Crippen molar-refractivity contribution in [2.75, 3.05) is 7.11 Å². The Morgan fingerprint density at radius 1 is 1.44 bits per heavy atom. The van der Waals surface area contributed by atoms with E-state index < -0.39 is 0 Å². The minimum atomic E-state index is -0.281. The molecule has 0 aliphatic carbocycles. The molecular weight excluding hydrogens is 228 g/mol. The van der Waals surface area contributed by atoms with Gasteiger partial charge in [-0.3, -0.25) is 9.67 Å². The van der Waals surface area contributed by atoms with Gasteiger partial charge in [0, 0.05) is 18.9 Å². The molecule has 2 N–H and O–H groups in total. The average molecular weight is 246 g/mol. The summed E-state index contributed by atoms with van der Waals surface area (Å²) >= 11 is 0. The van der Waals surface area contributed by atoms with E-state index in [1.54, 1.807) is 25.7 Å². The zero-order chi connectivity index (χ0) is 13.1. The fourth-order valence-corrected chi connectivity index (χ4v) is 2.05. The second kappa shape index (κ2) is 5.18. The van der Waals surface area contributed by atoms with Crippen molar-refractivity contribution < 1.29 is 4.74 Å². The van der Waals surface area contributed by atoms with Gasteiger partial charge in [0.25, 0.3) is 0 Å². The summed E-state index contributed by atoms with van der Waals surface area (Å²) in [5.74, 6) is 0.715. The van der Waals surface area contributed by atoms with Crippen molar-refractivity contribution in [3.63, 3.8) is 0 Å². The molecule has 2 aromatic heterocycles. The van der Waals surface area contributed by atoms with E-state index in [4.69, 9.17) is 10.5 Å². The Hall–Kier alpha value is -1.88. The third-order valence-corrected chi connectivity index (χ3v) is 3.07. The van der Waals surface area contributed by atoms with Crippen LogP contribution in [0.5, 0.6) is 5.75 Å². The molecule has 2 heterocycles. The average Bonchev–Trinajstić information content (AvgIpc) is 2.81. The molecule has 5 heteroatoms. The fraction of sp³-hybridized carbons (Fsp3) is 0.385. The molecule has 0 saturated carbocycles. The quantitative estimate of drug-likeness (QED) is 0.891. The minimum Gasteiger partial charge on any atom is -0.493 e. The summed E-state index contributed by atoms with van der Waals surface area (Å²) in [5, 5.41) is 4.27. The van der Waals surface area contributed by atoms with Crippen LogP contribution in [0.15, 0.2) is 24.7 Å². The second-order valence-corrected chi connectivity index (χ2v) is 4.12. The Morgan fingerprint density at radius 3 is 2.83 bits per heavy atom. The minimum absolute atomic E-state index is 0.281. The number of nitrogens with two attached hydrogens (primary N) is 1. The van der Waals surface area contributed by atoms with Crippen molar-refractivity contribution in [3.05, 3.63) is 41.5 Å². The first-order valence-corrected chi connectivity index (χ1v) is 5.94. The molecule has 1 unspecified atom stereocenters. The van der Waals surface area contributed by atoms with E-state index in [9.17, 15) is 0 Å². The lowest BCUT2D eigenvalue weighted by Crippen LogP contribution is -2.19. The number of aromatic nitrogens is 3. The highest BCUT2D eigenvalue weighted by Gasteiger charge is 2.21. The Bertz CT molecular complexity index is 514. The number of hydrogen-bond donors (Lipinski definition) is 1. The van der Waals surface area contributed by atoms with Crippen LogP contribution in [0.25, 0.3) is 0 Å². The maximum Gasteiger partial charge on any atom is 0.161 e. The topological polar surface area (TPSA) is 66.0 Å². The van der Waals surface area contributed by atoms with E-state index in [-0.39, 0.29) is 6.04 Å². The van der Waals surface area contributed by atoms with Crippen molar-refractivity contribution >= 4 is 0 Å². The van der Waals surface area contributed by atoms with Crippen LogP contribution < -0.4 is 10.5 Å². The molecule has 0 bridgehead atoms. The zero-order valence-corrected chi connectivity index (χ0v) is 10.9. The molecule has 1 atom stereocenters. The predicted octanol–water partition coefficient (Wildman–Crippen LogP) is 1.66. The van der Waals surface area contributed by atoms with Crippen molar-refractivity contribution in [2.45, 2.75) is 26.4 Å². The van der Waals surface area contributed by atoms with E-state index in [0.29, 0.717) is 5.75 Å². The summed E-state index contributed by atoms with van der Waals surface area (Å²) in [7, 11) is 1.63. The standard InChI is InChI=1S/C13H18N4O/c1-4-17-13(11(18-3)8-16-17)12(14)10-7-15-6-5-9(10)2/h5-8,12H,4,14H2,1-3H3. The number of methoxy groups -OCH3 is 1. The molecule has 0 aliphatic heterocycles. The molecule has 0 aliphatic rings. The normalized spacial score (nSPS) is 12.4. The molecule has 5 nitrogen and oxygen atoms in total. The lowest BCUT2D eigenvalue weighted by molar-refractivity contribution is 0.404. The highest BCUT2D eigenvalue weighted by molar-refractivity contribution is 5.38. The zero-order valence-electron chi connectivity index (χ0n) is 10.9. The summed E-state index contributed by atoms with van der Waals surface area (Å²) in [6, 6.07) is 1.67. The number of aryl methyl sites for hydroxylation is 2. The number of ether oxygens (including phenoxy) is 1. The van der Waals surface area contributed by atoms with Gasteiger partial charge in [0.1, 0.15) is 5.69 Å². The Balaban J connectivity index is 2.48. The third kappa shape index (κ3) is 2.09. The highest BCUT2D eigenvalue weighted by Crippen LogP contribution is 2.29. The predicted molar refractivity (Wildman–Crippen MR) is 69.5 cm³/mol. The van der Waals surface area contributed by atoms with Crippen LogP contribution in [-0.4, -0.2) is 21.9 Å². The van der Waals surface area contributed by atoms with Gasteiger partial charge >= 0.3 is 0 Å². The summed E-state index contributed by atoms with van der Waals surface area (Å²) in [5.41, 5.74) is 9.32. The summed E-state index contributed by atoms with van der Waals surface area (Å²) < 4.78 is 7.18. The first-order valence-electron chi connectivity index (χ1n) is 5.94. The van der Waals surface area contributed by atoms with Crippen LogP contribution in [0, 0.1) is 6.92 Å². The number of rotatable bonds is 4. The fourth-order valence-electron chi connectivity index (χ4n) is 2.05. The van der Waals surface area contributed by atoms with Gasteiger partial charge in [-0.25, -0.2) is 0 Å². The molecule has 96 valence electrons. The van der Waals surface area contributed by atoms with Crippen LogP contribution in [0.1, 0.15) is 29.8 Å². The van der Waals surface area contributed by atoms with E-state index in [2.05, 4.69) is 10.1 Å².